The summed E-state index contributed by atoms with van der Waals surface area (Å²) in [6.45, 7) is 1.88. The summed E-state index contributed by atoms with van der Waals surface area (Å²) in [4.78, 5) is 28.3. The lowest BCUT2D eigenvalue weighted by Crippen LogP contribution is -2.50. The van der Waals surface area contributed by atoms with Crippen molar-refractivity contribution in [2.75, 3.05) is 31.5 Å². The molecule has 1 N–H and O–H groups in total. The van der Waals surface area contributed by atoms with Gasteiger partial charge in [0.1, 0.15) is 5.82 Å². The summed E-state index contributed by atoms with van der Waals surface area (Å²) in [7, 11) is 0. The second-order valence-corrected chi connectivity index (χ2v) is 6.99. The molecule has 0 radical (unpaired) electrons. The number of amides is 2. The van der Waals surface area contributed by atoms with E-state index >= 15 is 0 Å². The zero-order chi connectivity index (χ0) is 18.6. The SMILES string of the molecule is O=C(c1ccc(NC2CCCC2)nn1)N1CCN(C(=O)c2ccco2)CC1. The van der Waals surface area contributed by atoms with Crippen LogP contribution in [0, 0.1) is 0 Å². The fourth-order valence-electron chi connectivity index (χ4n) is 3.63. The average molecular weight is 369 g/mol. The number of carbonyl (C=O) groups excluding carboxylic acids is 2. The molecular formula is C19H23N5O3. The van der Waals surface area contributed by atoms with Crippen LogP contribution in [0.25, 0.3) is 0 Å². The highest BCUT2D eigenvalue weighted by Crippen LogP contribution is 2.21. The molecule has 2 aromatic rings. The van der Waals surface area contributed by atoms with Crippen molar-refractivity contribution in [1.29, 1.82) is 0 Å². The Morgan fingerprint density at radius 3 is 2.26 bits per heavy atom. The molecule has 4 rings (SSSR count). The minimum Gasteiger partial charge on any atom is -0.459 e. The predicted octanol–water partition coefficient (Wildman–Crippen LogP) is 2.02. The molecule has 2 amide bonds. The largest absolute Gasteiger partial charge is 0.459 e. The van der Waals surface area contributed by atoms with Crippen molar-refractivity contribution in [3.8, 4) is 0 Å². The summed E-state index contributed by atoms with van der Waals surface area (Å²) in [6, 6.07) is 7.33. The van der Waals surface area contributed by atoms with Gasteiger partial charge in [0.05, 0.1) is 6.26 Å². The zero-order valence-electron chi connectivity index (χ0n) is 15.1. The number of hydrogen-bond donors (Lipinski definition) is 1. The third kappa shape index (κ3) is 3.94. The Morgan fingerprint density at radius 2 is 1.67 bits per heavy atom. The summed E-state index contributed by atoms with van der Waals surface area (Å²) >= 11 is 0. The first-order valence-electron chi connectivity index (χ1n) is 9.43. The molecule has 2 aliphatic rings. The van der Waals surface area contributed by atoms with Gasteiger partial charge in [0.2, 0.25) is 0 Å². The molecule has 1 aliphatic carbocycles. The van der Waals surface area contributed by atoms with Gasteiger partial charge in [0.15, 0.2) is 11.5 Å². The lowest BCUT2D eigenvalue weighted by molar-refractivity contribution is 0.0514. The Bertz CT molecular complexity index is 776. The molecule has 142 valence electrons. The van der Waals surface area contributed by atoms with Gasteiger partial charge in [-0.05, 0) is 37.1 Å². The number of carbonyl (C=O) groups is 2. The molecule has 0 unspecified atom stereocenters. The average Bonchev–Trinajstić information content (AvgIpc) is 3.42. The lowest BCUT2D eigenvalue weighted by Gasteiger charge is -2.34. The minimum atomic E-state index is -0.153. The third-order valence-corrected chi connectivity index (χ3v) is 5.18. The van der Waals surface area contributed by atoms with Crippen molar-refractivity contribution in [1.82, 2.24) is 20.0 Å². The Kier molecular flexibility index (Phi) is 5.04. The van der Waals surface area contributed by atoms with Crippen LogP contribution in [-0.2, 0) is 0 Å². The summed E-state index contributed by atoms with van der Waals surface area (Å²) in [5, 5.41) is 11.6. The Balaban J connectivity index is 1.31. The van der Waals surface area contributed by atoms with E-state index in [-0.39, 0.29) is 11.8 Å². The van der Waals surface area contributed by atoms with E-state index < -0.39 is 0 Å². The second kappa shape index (κ2) is 7.77. The first-order chi connectivity index (χ1) is 13.2. The quantitative estimate of drug-likeness (QED) is 0.887. The maximum absolute atomic E-state index is 12.6. The van der Waals surface area contributed by atoms with Crippen molar-refractivity contribution < 1.29 is 14.0 Å². The topological polar surface area (TPSA) is 91.6 Å². The third-order valence-electron chi connectivity index (χ3n) is 5.18. The summed E-state index contributed by atoms with van der Waals surface area (Å²) < 4.78 is 5.15. The summed E-state index contributed by atoms with van der Waals surface area (Å²) in [6.07, 6.45) is 6.29. The minimum absolute atomic E-state index is 0.144. The van der Waals surface area contributed by atoms with Crippen LogP contribution < -0.4 is 5.32 Å². The van der Waals surface area contributed by atoms with Crippen molar-refractivity contribution in [3.05, 3.63) is 42.0 Å². The van der Waals surface area contributed by atoms with E-state index in [4.69, 9.17) is 4.42 Å². The predicted molar refractivity (Wildman–Crippen MR) is 98.4 cm³/mol. The molecule has 27 heavy (non-hydrogen) atoms. The van der Waals surface area contributed by atoms with Crippen molar-refractivity contribution in [2.24, 2.45) is 0 Å². The van der Waals surface area contributed by atoms with Crippen molar-refractivity contribution >= 4 is 17.6 Å². The number of piperazine rings is 1. The normalized spacial score (nSPS) is 17.9. The standard InChI is InChI=1S/C19H23N5O3/c25-18(15-7-8-17(22-21-15)20-14-4-1-2-5-14)23-9-11-24(12-10-23)19(26)16-6-3-13-27-16/h3,6-8,13-14H,1-2,4-5,9-12H2,(H,20,22). The smallest absolute Gasteiger partial charge is 0.289 e. The Morgan fingerprint density at radius 1 is 0.963 bits per heavy atom. The van der Waals surface area contributed by atoms with Gasteiger partial charge in [-0.1, -0.05) is 12.8 Å². The van der Waals surface area contributed by atoms with Gasteiger partial charge >= 0.3 is 0 Å². The molecule has 3 heterocycles. The maximum Gasteiger partial charge on any atom is 0.289 e. The van der Waals surface area contributed by atoms with Gasteiger partial charge in [-0.25, -0.2) is 0 Å². The van der Waals surface area contributed by atoms with Gasteiger partial charge in [0, 0.05) is 32.2 Å². The van der Waals surface area contributed by atoms with Gasteiger partial charge in [-0.3, -0.25) is 9.59 Å². The van der Waals surface area contributed by atoms with Crippen LogP contribution in [-0.4, -0.2) is 64.0 Å². The van der Waals surface area contributed by atoms with E-state index in [1.807, 2.05) is 6.07 Å². The van der Waals surface area contributed by atoms with Gasteiger partial charge in [-0.15, -0.1) is 10.2 Å². The van der Waals surface area contributed by atoms with Crippen LogP contribution in [0.5, 0.6) is 0 Å². The van der Waals surface area contributed by atoms with Crippen LogP contribution in [0.3, 0.4) is 0 Å². The monoisotopic (exact) mass is 369 g/mol. The van der Waals surface area contributed by atoms with Crippen LogP contribution in [0.1, 0.15) is 46.7 Å². The first kappa shape index (κ1) is 17.5. The van der Waals surface area contributed by atoms with E-state index in [0.29, 0.717) is 49.5 Å². The van der Waals surface area contributed by atoms with Crippen LogP contribution >= 0.6 is 0 Å². The number of hydrogen-bond acceptors (Lipinski definition) is 6. The molecule has 1 saturated heterocycles. The Labute approximate surface area is 157 Å². The Hall–Kier alpha value is -2.90. The summed E-state index contributed by atoms with van der Waals surface area (Å²) in [5.74, 6) is 0.743. The molecule has 2 fully saturated rings. The van der Waals surface area contributed by atoms with Crippen LogP contribution in [0.2, 0.25) is 0 Å². The molecule has 0 atom stereocenters. The summed E-state index contributed by atoms with van der Waals surface area (Å²) in [5.41, 5.74) is 0.331. The van der Waals surface area contributed by atoms with E-state index in [0.717, 1.165) is 12.8 Å². The highest BCUT2D eigenvalue weighted by Gasteiger charge is 2.27. The fraction of sp³-hybridized carbons (Fsp3) is 0.474. The number of rotatable bonds is 4. The highest BCUT2D eigenvalue weighted by molar-refractivity contribution is 5.93. The molecule has 8 heteroatoms. The molecule has 1 aliphatic heterocycles. The van der Waals surface area contributed by atoms with Gasteiger partial charge in [-0.2, -0.15) is 0 Å². The van der Waals surface area contributed by atoms with Gasteiger partial charge < -0.3 is 19.5 Å². The molecule has 8 nitrogen and oxygen atoms in total. The molecule has 0 spiro atoms. The lowest BCUT2D eigenvalue weighted by atomic mass is 10.2. The zero-order valence-corrected chi connectivity index (χ0v) is 15.1. The van der Waals surface area contributed by atoms with E-state index in [1.54, 1.807) is 28.0 Å². The maximum atomic E-state index is 12.6. The van der Waals surface area contributed by atoms with Crippen molar-refractivity contribution in [2.45, 2.75) is 31.7 Å². The first-order valence-corrected chi connectivity index (χ1v) is 9.43. The molecular weight excluding hydrogens is 346 g/mol. The van der Waals surface area contributed by atoms with E-state index in [2.05, 4.69) is 15.5 Å². The number of nitrogens with one attached hydrogen (secondary N) is 1. The van der Waals surface area contributed by atoms with E-state index in [9.17, 15) is 9.59 Å². The molecule has 1 saturated carbocycles. The number of aromatic nitrogens is 2. The van der Waals surface area contributed by atoms with Crippen LogP contribution in [0.4, 0.5) is 5.82 Å². The molecule has 0 aromatic carbocycles. The molecule has 2 aromatic heterocycles. The number of furan rings is 1. The highest BCUT2D eigenvalue weighted by atomic mass is 16.3. The second-order valence-electron chi connectivity index (χ2n) is 6.99. The number of anilines is 1. The molecule has 0 bridgehead atoms. The van der Waals surface area contributed by atoms with E-state index in [1.165, 1.54) is 19.1 Å². The van der Waals surface area contributed by atoms with Crippen LogP contribution in [0.15, 0.2) is 34.9 Å². The fourth-order valence-corrected chi connectivity index (χ4v) is 3.63. The van der Waals surface area contributed by atoms with Crippen molar-refractivity contribution in [3.63, 3.8) is 0 Å². The number of nitrogens with zero attached hydrogens (tertiary/aromatic N) is 4. The van der Waals surface area contributed by atoms with Gasteiger partial charge in [0.25, 0.3) is 11.8 Å².